The first-order valence-electron chi connectivity index (χ1n) is 10.7. The van der Waals surface area contributed by atoms with E-state index in [1.54, 1.807) is 17.5 Å². The van der Waals surface area contributed by atoms with Gasteiger partial charge in [0.1, 0.15) is 5.76 Å². The number of hydrogen-bond donors (Lipinski definition) is 0. The van der Waals surface area contributed by atoms with E-state index in [0.717, 1.165) is 62.2 Å². The largest absolute Gasteiger partial charge is 0.361 e. The van der Waals surface area contributed by atoms with Gasteiger partial charge in [0, 0.05) is 56.4 Å². The summed E-state index contributed by atoms with van der Waals surface area (Å²) in [7, 11) is 0. The predicted octanol–water partition coefficient (Wildman–Crippen LogP) is 3.31. The standard InChI is InChI=1S/C21H31N5O2S/c1-16-14-18(23-28-16)15-24-9-11-25(12-10-24)17(2)20(27)26(21-22-8-13-29-21)19-6-4-3-5-7-19/h8,13-14,17,19H,3-7,9-12,15H2,1-2H3. The molecule has 1 saturated carbocycles. The topological polar surface area (TPSA) is 65.7 Å². The molecule has 2 aromatic heterocycles. The minimum atomic E-state index is -0.128. The van der Waals surface area contributed by atoms with Crippen molar-refractivity contribution >= 4 is 22.4 Å². The van der Waals surface area contributed by atoms with Crippen LogP contribution in [0.15, 0.2) is 22.2 Å². The fraction of sp³-hybridized carbons (Fsp3) is 0.667. The van der Waals surface area contributed by atoms with Crippen LogP contribution in [0.3, 0.4) is 0 Å². The summed E-state index contributed by atoms with van der Waals surface area (Å²) in [6, 6.07) is 2.16. The lowest BCUT2D eigenvalue weighted by Gasteiger charge is -2.40. The van der Waals surface area contributed by atoms with Crippen LogP contribution in [0.1, 0.15) is 50.5 Å². The van der Waals surface area contributed by atoms with Crippen LogP contribution in [0, 0.1) is 6.92 Å². The molecule has 0 spiro atoms. The van der Waals surface area contributed by atoms with Crippen molar-refractivity contribution in [3.8, 4) is 0 Å². The number of hydrogen-bond acceptors (Lipinski definition) is 7. The van der Waals surface area contributed by atoms with Gasteiger partial charge in [-0.3, -0.25) is 19.5 Å². The number of aromatic nitrogens is 2. The molecule has 8 heteroatoms. The molecule has 0 bridgehead atoms. The Morgan fingerprint density at radius 3 is 2.66 bits per heavy atom. The number of carbonyl (C=O) groups excluding carboxylic acids is 1. The van der Waals surface area contributed by atoms with Gasteiger partial charge in [-0.1, -0.05) is 24.4 Å². The van der Waals surface area contributed by atoms with E-state index in [9.17, 15) is 4.79 Å². The Morgan fingerprint density at radius 2 is 2.03 bits per heavy atom. The van der Waals surface area contributed by atoms with Crippen LogP contribution in [0.25, 0.3) is 0 Å². The second kappa shape index (κ2) is 9.36. The van der Waals surface area contributed by atoms with Crippen LogP contribution in [0.2, 0.25) is 0 Å². The third-order valence-electron chi connectivity index (χ3n) is 6.18. The van der Waals surface area contributed by atoms with E-state index in [4.69, 9.17) is 4.52 Å². The summed E-state index contributed by atoms with van der Waals surface area (Å²) in [5.41, 5.74) is 0.979. The SMILES string of the molecule is Cc1cc(CN2CCN(C(C)C(=O)N(c3nccs3)C3CCCCC3)CC2)no1. The second-order valence-corrected chi connectivity index (χ2v) is 9.10. The number of carbonyl (C=O) groups is 1. The number of anilines is 1. The maximum absolute atomic E-state index is 13.5. The predicted molar refractivity (Wildman–Crippen MR) is 114 cm³/mol. The third kappa shape index (κ3) is 4.87. The lowest BCUT2D eigenvalue weighted by atomic mass is 9.94. The highest BCUT2D eigenvalue weighted by Crippen LogP contribution is 2.30. The molecule has 1 aliphatic carbocycles. The molecule has 1 amide bonds. The number of rotatable bonds is 6. The molecule has 4 rings (SSSR count). The maximum Gasteiger partial charge on any atom is 0.246 e. The van der Waals surface area contributed by atoms with Crippen LogP contribution in [-0.4, -0.2) is 64.1 Å². The van der Waals surface area contributed by atoms with Gasteiger partial charge < -0.3 is 4.52 Å². The molecular weight excluding hydrogens is 386 g/mol. The zero-order chi connectivity index (χ0) is 20.2. The molecule has 7 nitrogen and oxygen atoms in total. The minimum absolute atomic E-state index is 0.128. The highest BCUT2D eigenvalue weighted by molar-refractivity contribution is 7.13. The number of piperazine rings is 1. The number of amides is 1. The van der Waals surface area contributed by atoms with Gasteiger partial charge in [-0.2, -0.15) is 0 Å². The number of nitrogens with zero attached hydrogens (tertiary/aromatic N) is 5. The van der Waals surface area contributed by atoms with E-state index in [0.29, 0.717) is 6.04 Å². The van der Waals surface area contributed by atoms with Gasteiger partial charge in [-0.15, -0.1) is 11.3 Å². The van der Waals surface area contributed by atoms with E-state index in [-0.39, 0.29) is 11.9 Å². The Morgan fingerprint density at radius 1 is 1.28 bits per heavy atom. The van der Waals surface area contributed by atoms with E-state index in [1.165, 1.54) is 19.3 Å². The summed E-state index contributed by atoms with van der Waals surface area (Å²) < 4.78 is 5.17. The summed E-state index contributed by atoms with van der Waals surface area (Å²) >= 11 is 1.57. The van der Waals surface area contributed by atoms with Gasteiger partial charge in [0.25, 0.3) is 0 Å². The van der Waals surface area contributed by atoms with Crippen LogP contribution in [0.5, 0.6) is 0 Å². The van der Waals surface area contributed by atoms with E-state index < -0.39 is 0 Å². The number of thiazole rings is 1. The van der Waals surface area contributed by atoms with Crippen LogP contribution >= 0.6 is 11.3 Å². The lowest BCUT2D eigenvalue weighted by Crippen LogP contribution is -2.56. The van der Waals surface area contributed by atoms with Crippen LogP contribution in [0.4, 0.5) is 5.13 Å². The average molecular weight is 418 g/mol. The van der Waals surface area contributed by atoms with Crippen molar-refractivity contribution in [1.82, 2.24) is 19.9 Å². The molecule has 158 valence electrons. The van der Waals surface area contributed by atoms with E-state index >= 15 is 0 Å². The van der Waals surface area contributed by atoms with Crippen molar-refractivity contribution in [2.24, 2.45) is 0 Å². The van der Waals surface area contributed by atoms with Gasteiger partial charge in [0.2, 0.25) is 5.91 Å². The van der Waals surface area contributed by atoms with Gasteiger partial charge >= 0.3 is 0 Å². The van der Waals surface area contributed by atoms with Crippen LogP contribution in [-0.2, 0) is 11.3 Å². The smallest absolute Gasteiger partial charge is 0.246 e. The average Bonchev–Trinajstić information content (AvgIpc) is 3.41. The molecule has 29 heavy (non-hydrogen) atoms. The van der Waals surface area contributed by atoms with Gasteiger partial charge in [0.05, 0.1) is 11.7 Å². The third-order valence-corrected chi connectivity index (χ3v) is 6.95. The van der Waals surface area contributed by atoms with E-state index in [1.807, 2.05) is 23.3 Å². The first-order chi connectivity index (χ1) is 14.1. The molecular formula is C21H31N5O2S. The summed E-state index contributed by atoms with van der Waals surface area (Å²) in [6.07, 6.45) is 7.66. The molecule has 1 unspecified atom stereocenters. The molecule has 2 aromatic rings. The second-order valence-electron chi connectivity index (χ2n) is 8.23. The summed E-state index contributed by atoms with van der Waals surface area (Å²) in [4.78, 5) is 24.7. The fourth-order valence-electron chi connectivity index (χ4n) is 4.49. The normalized spacial score (nSPS) is 20.6. The zero-order valence-electron chi connectivity index (χ0n) is 17.4. The number of aryl methyl sites for hydroxylation is 1. The molecule has 1 aliphatic heterocycles. The molecule has 0 radical (unpaired) electrons. The Kier molecular flexibility index (Phi) is 6.62. The highest BCUT2D eigenvalue weighted by Gasteiger charge is 2.34. The summed E-state index contributed by atoms with van der Waals surface area (Å²) in [5, 5.41) is 6.92. The Hall–Kier alpha value is -1.77. The zero-order valence-corrected chi connectivity index (χ0v) is 18.2. The minimum Gasteiger partial charge on any atom is -0.361 e. The van der Waals surface area contributed by atoms with Crippen molar-refractivity contribution in [2.75, 3.05) is 31.1 Å². The maximum atomic E-state index is 13.5. The first-order valence-corrected chi connectivity index (χ1v) is 11.6. The quantitative estimate of drug-likeness (QED) is 0.718. The fourth-order valence-corrected chi connectivity index (χ4v) is 5.21. The molecule has 0 aromatic carbocycles. The van der Waals surface area contributed by atoms with Crippen molar-refractivity contribution < 1.29 is 9.32 Å². The van der Waals surface area contributed by atoms with Crippen molar-refractivity contribution in [1.29, 1.82) is 0 Å². The van der Waals surface area contributed by atoms with Gasteiger partial charge in [-0.05, 0) is 26.7 Å². The van der Waals surface area contributed by atoms with Crippen LogP contribution < -0.4 is 4.90 Å². The molecule has 2 aliphatic rings. The Bertz CT molecular complexity index is 779. The van der Waals surface area contributed by atoms with Crippen molar-refractivity contribution in [3.63, 3.8) is 0 Å². The molecule has 0 N–H and O–H groups in total. The summed E-state index contributed by atoms with van der Waals surface area (Å²) in [5.74, 6) is 1.05. The summed E-state index contributed by atoms with van der Waals surface area (Å²) in [6.45, 7) is 8.43. The Labute approximate surface area is 176 Å². The van der Waals surface area contributed by atoms with E-state index in [2.05, 4.69) is 26.9 Å². The van der Waals surface area contributed by atoms with Gasteiger partial charge in [0.15, 0.2) is 5.13 Å². The van der Waals surface area contributed by atoms with Crippen molar-refractivity contribution in [2.45, 2.75) is 64.6 Å². The first kappa shape index (κ1) is 20.5. The monoisotopic (exact) mass is 417 g/mol. The molecule has 2 fully saturated rings. The van der Waals surface area contributed by atoms with Gasteiger partial charge in [-0.25, -0.2) is 4.98 Å². The Balaban J connectivity index is 1.37. The lowest BCUT2D eigenvalue weighted by molar-refractivity contribution is -0.124. The molecule has 1 atom stereocenters. The molecule has 3 heterocycles. The highest BCUT2D eigenvalue weighted by atomic mass is 32.1. The molecule has 1 saturated heterocycles. The van der Waals surface area contributed by atoms with Crippen molar-refractivity contribution in [3.05, 3.63) is 29.1 Å².